The maximum atomic E-state index is 11.7. The zero-order chi connectivity index (χ0) is 13.5. The molecule has 3 N–H and O–H groups in total. The molecular weight excluding hydrogens is 312 g/mol. The van der Waals surface area contributed by atoms with Crippen LogP contribution in [0.3, 0.4) is 0 Å². The van der Waals surface area contributed by atoms with Gasteiger partial charge in [0, 0.05) is 16.2 Å². The number of carbonyl (C=O) groups is 1. The van der Waals surface area contributed by atoms with E-state index in [0.717, 1.165) is 27.9 Å². The van der Waals surface area contributed by atoms with Gasteiger partial charge in [-0.1, -0.05) is 15.9 Å². The van der Waals surface area contributed by atoms with Gasteiger partial charge in [0.1, 0.15) is 0 Å². The first-order valence-corrected chi connectivity index (χ1v) is 7.83. The maximum Gasteiger partial charge on any atom is 0.234 e. The Balaban J connectivity index is 2.33. The average molecular weight is 331 g/mol. The van der Waals surface area contributed by atoms with E-state index in [4.69, 9.17) is 5.73 Å². The molecule has 0 aliphatic rings. The minimum atomic E-state index is 0.0337. The highest BCUT2D eigenvalue weighted by molar-refractivity contribution is 9.10. The van der Waals surface area contributed by atoms with Gasteiger partial charge in [-0.15, -0.1) is 0 Å². The number of nitrogens with one attached hydrogen (secondary N) is 1. The molecular formula is C13H19BrN2OS. The van der Waals surface area contributed by atoms with Gasteiger partial charge in [-0.05, 0) is 49.8 Å². The zero-order valence-electron chi connectivity index (χ0n) is 10.7. The van der Waals surface area contributed by atoms with Crippen molar-refractivity contribution < 1.29 is 4.79 Å². The van der Waals surface area contributed by atoms with E-state index in [1.165, 1.54) is 0 Å². The Bertz CT molecular complexity index is 410. The van der Waals surface area contributed by atoms with Crippen molar-refractivity contribution in [3.05, 3.63) is 28.2 Å². The molecule has 3 nitrogen and oxygen atoms in total. The van der Waals surface area contributed by atoms with E-state index in [1.807, 2.05) is 32.0 Å². The van der Waals surface area contributed by atoms with Crippen molar-refractivity contribution in [2.24, 2.45) is 5.73 Å². The number of carbonyl (C=O) groups excluding carboxylic acids is 1. The Hall–Kier alpha value is -0.520. The molecule has 0 aliphatic heterocycles. The number of nitrogens with two attached hydrogens (primary N) is 1. The molecule has 1 aromatic rings. The lowest BCUT2D eigenvalue weighted by atomic mass is 10.2. The van der Waals surface area contributed by atoms with Crippen LogP contribution in [0, 0.1) is 6.92 Å². The summed E-state index contributed by atoms with van der Waals surface area (Å²) in [6.07, 6.45) is 0.940. The molecule has 0 saturated heterocycles. The summed E-state index contributed by atoms with van der Waals surface area (Å²) in [5, 5.41) is 2.89. The van der Waals surface area contributed by atoms with E-state index < -0.39 is 0 Å². The molecule has 100 valence electrons. The number of hydrogen-bond donors (Lipinski definition) is 2. The van der Waals surface area contributed by atoms with Crippen LogP contribution in [-0.2, 0) is 4.79 Å². The summed E-state index contributed by atoms with van der Waals surface area (Å²) in [7, 11) is 0. The minimum Gasteiger partial charge on any atom is -0.328 e. The highest BCUT2D eigenvalue weighted by Crippen LogP contribution is 2.20. The SMILES string of the molecule is Cc1cc(NC(=O)CSCCC(C)N)ccc1Br. The number of amides is 1. The van der Waals surface area contributed by atoms with Crippen molar-refractivity contribution in [2.75, 3.05) is 16.8 Å². The fourth-order valence-electron chi connectivity index (χ4n) is 1.35. The largest absolute Gasteiger partial charge is 0.328 e. The number of anilines is 1. The summed E-state index contributed by atoms with van der Waals surface area (Å²) in [6, 6.07) is 5.99. The van der Waals surface area contributed by atoms with Crippen LogP contribution >= 0.6 is 27.7 Å². The average Bonchev–Trinajstić information content (AvgIpc) is 2.29. The molecule has 0 bridgehead atoms. The van der Waals surface area contributed by atoms with Crippen LogP contribution in [0.1, 0.15) is 18.9 Å². The van der Waals surface area contributed by atoms with Crippen molar-refractivity contribution in [3.8, 4) is 0 Å². The van der Waals surface area contributed by atoms with E-state index in [2.05, 4.69) is 21.2 Å². The molecule has 1 aromatic carbocycles. The molecule has 5 heteroatoms. The monoisotopic (exact) mass is 330 g/mol. The van der Waals surface area contributed by atoms with E-state index in [1.54, 1.807) is 11.8 Å². The van der Waals surface area contributed by atoms with Gasteiger partial charge < -0.3 is 11.1 Å². The number of thioether (sulfide) groups is 1. The second-order valence-corrected chi connectivity index (χ2v) is 6.29. The van der Waals surface area contributed by atoms with Crippen molar-refractivity contribution >= 4 is 39.3 Å². The first-order valence-electron chi connectivity index (χ1n) is 5.88. The van der Waals surface area contributed by atoms with E-state index in [9.17, 15) is 4.79 Å². The maximum absolute atomic E-state index is 11.7. The van der Waals surface area contributed by atoms with Gasteiger partial charge in [0.05, 0.1) is 5.75 Å². The predicted octanol–water partition coefficient (Wildman–Crippen LogP) is 3.17. The van der Waals surface area contributed by atoms with Crippen molar-refractivity contribution in [2.45, 2.75) is 26.3 Å². The van der Waals surface area contributed by atoms with Gasteiger partial charge in [0.2, 0.25) is 5.91 Å². The van der Waals surface area contributed by atoms with E-state index >= 15 is 0 Å². The molecule has 0 heterocycles. The fourth-order valence-corrected chi connectivity index (χ4v) is 2.54. The van der Waals surface area contributed by atoms with Gasteiger partial charge in [0.15, 0.2) is 0 Å². The predicted molar refractivity (Wildman–Crippen MR) is 83.1 cm³/mol. The van der Waals surface area contributed by atoms with Crippen molar-refractivity contribution in [1.29, 1.82) is 0 Å². The van der Waals surface area contributed by atoms with Crippen LogP contribution in [0.2, 0.25) is 0 Å². The van der Waals surface area contributed by atoms with Gasteiger partial charge in [0.25, 0.3) is 0 Å². The topological polar surface area (TPSA) is 55.1 Å². The third-order valence-electron chi connectivity index (χ3n) is 2.39. The van der Waals surface area contributed by atoms with Crippen LogP contribution in [-0.4, -0.2) is 23.5 Å². The molecule has 0 spiro atoms. The molecule has 18 heavy (non-hydrogen) atoms. The molecule has 0 fully saturated rings. The first-order chi connectivity index (χ1) is 8.49. The molecule has 1 atom stereocenters. The number of halogens is 1. The molecule has 0 radical (unpaired) electrons. The lowest BCUT2D eigenvalue weighted by Crippen LogP contribution is -2.17. The summed E-state index contributed by atoms with van der Waals surface area (Å²) >= 11 is 5.05. The number of hydrogen-bond acceptors (Lipinski definition) is 3. The Kier molecular flexibility index (Phi) is 6.75. The first kappa shape index (κ1) is 15.5. The Labute approximate surface area is 121 Å². The van der Waals surface area contributed by atoms with Crippen LogP contribution in [0.5, 0.6) is 0 Å². The number of aryl methyl sites for hydroxylation is 1. The van der Waals surface area contributed by atoms with Crippen molar-refractivity contribution in [1.82, 2.24) is 0 Å². The third kappa shape index (κ3) is 5.89. The summed E-state index contributed by atoms with van der Waals surface area (Å²) in [5.41, 5.74) is 7.60. The normalized spacial score (nSPS) is 12.2. The van der Waals surface area contributed by atoms with Gasteiger partial charge in [-0.3, -0.25) is 4.79 Å². The highest BCUT2D eigenvalue weighted by atomic mass is 79.9. The molecule has 0 aliphatic carbocycles. The summed E-state index contributed by atoms with van der Waals surface area (Å²) < 4.78 is 1.05. The summed E-state index contributed by atoms with van der Waals surface area (Å²) in [5.74, 6) is 1.43. The molecule has 1 amide bonds. The Morgan fingerprint density at radius 1 is 1.56 bits per heavy atom. The van der Waals surface area contributed by atoms with E-state index in [-0.39, 0.29) is 11.9 Å². The van der Waals surface area contributed by atoms with Crippen LogP contribution in [0.15, 0.2) is 22.7 Å². The van der Waals surface area contributed by atoms with Gasteiger partial charge in [-0.2, -0.15) is 11.8 Å². The fraction of sp³-hybridized carbons (Fsp3) is 0.462. The lowest BCUT2D eigenvalue weighted by Gasteiger charge is -2.07. The second kappa shape index (κ2) is 7.81. The molecule has 1 rings (SSSR count). The standard InChI is InChI=1S/C13H19BrN2OS/c1-9-7-11(3-4-12(9)14)16-13(17)8-18-6-5-10(2)15/h3-4,7,10H,5-6,8,15H2,1-2H3,(H,16,17). The number of benzene rings is 1. The number of rotatable bonds is 6. The quantitative estimate of drug-likeness (QED) is 0.787. The highest BCUT2D eigenvalue weighted by Gasteiger charge is 2.04. The zero-order valence-corrected chi connectivity index (χ0v) is 13.1. The van der Waals surface area contributed by atoms with Crippen LogP contribution in [0.4, 0.5) is 5.69 Å². The van der Waals surface area contributed by atoms with Gasteiger partial charge in [-0.25, -0.2) is 0 Å². The second-order valence-electron chi connectivity index (χ2n) is 4.33. The lowest BCUT2D eigenvalue weighted by molar-refractivity contribution is -0.113. The van der Waals surface area contributed by atoms with Gasteiger partial charge >= 0.3 is 0 Å². The summed E-state index contributed by atoms with van der Waals surface area (Å²) in [4.78, 5) is 11.7. The van der Waals surface area contributed by atoms with Crippen LogP contribution in [0.25, 0.3) is 0 Å². The third-order valence-corrected chi connectivity index (χ3v) is 4.27. The Morgan fingerprint density at radius 2 is 2.28 bits per heavy atom. The molecule has 0 saturated carbocycles. The van der Waals surface area contributed by atoms with Crippen molar-refractivity contribution in [3.63, 3.8) is 0 Å². The molecule has 0 aromatic heterocycles. The molecule has 1 unspecified atom stereocenters. The minimum absolute atomic E-state index is 0.0337. The summed E-state index contributed by atoms with van der Waals surface area (Å²) in [6.45, 7) is 3.97. The Morgan fingerprint density at radius 3 is 2.89 bits per heavy atom. The van der Waals surface area contributed by atoms with Crippen LogP contribution < -0.4 is 11.1 Å². The smallest absolute Gasteiger partial charge is 0.234 e. The van der Waals surface area contributed by atoms with E-state index in [0.29, 0.717) is 5.75 Å².